The van der Waals surface area contributed by atoms with E-state index in [1.165, 1.54) is 11.3 Å². The number of hydrogen-bond acceptors (Lipinski definition) is 6. The number of nitrogens with one attached hydrogen (secondary N) is 1. The van der Waals surface area contributed by atoms with Crippen LogP contribution in [0.3, 0.4) is 0 Å². The Balaban J connectivity index is 1.62. The normalized spacial score (nSPS) is 12.4. The summed E-state index contributed by atoms with van der Waals surface area (Å²) in [6, 6.07) is 9.93. The summed E-state index contributed by atoms with van der Waals surface area (Å²) in [4.78, 5) is 21.4. The lowest BCUT2D eigenvalue weighted by Gasteiger charge is -2.16. The topological polar surface area (TPSA) is 80.9 Å². The quantitative estimate of drug-likeness (QED) is 0.528. The number of nitrogens with zero attached hydrogens (tertiary/aromatic N) is 3. The second-order valence-electron chi connectivity index (χ2n) is 7.01. The molecule has 0 saturated carbocycles. The van der Waals surface area contributed by atoms with E-state index in [9.17, 15) is 4.79 Å². The Hall–Kier alpha value is -3.06. The van der Waals surface area contributed by atoms with Gasteiger partial charge in [0.25, 0.3) is 5.91 Å². The summed E-state index contributed by atoms with van der Waals surface area (Å²) in [5.41, 5.74) is 3.41. The van der Waals surface area contributed by atoms with Crippen molar-refractivity contribution in [1.29, 1.82) is 0 Å². The van der Waals surface area contributed by atoms with Gasteiger partial charge in [0.05, 0.1) is 11.6 Å². The average molecular weight is 392 g/mol. The summed E-state index contributed by atoms with van der Waals surface area (Å²) in [5.74, 6) is 0.253. The van der Waals surface area contributed by atoms with Crippen molar-refractivity contribution in [3.05, 3.63) is 53.8 Å². The number of thiazole rings is 1. The predicted molar refractivity (Wildman–Crippen MR) is 110 cm³/mol. The summed E-state index contributed by atoms with van der Waals surface area (Å²) in [6.45, 7) is 6.14. The van der Waals surface area contributed by atoms with Crippen molar-refractivity contribution in [2.75, 3.05) is 0 Å². The molecule has 3 heterocycles. The number of pyridine rings is 1. The molecule has 0 saturated heterocycles. The zero-order valence-corrected chi connectivity index (χ0v) is 16.7. The van der Waals surface area contributed by atoms with Crippen LogP contribution in [0.2, 0.25) is 0 Å². The monoisotopic (exact) mass is 392 g/mol. The van der Waals surface area contributed by atoms with Crippen LogP contribution >= 0.6 is 11.3 Å². The Morgan fingerprint density at radius 3 is 2.64 bits per heavy atom. The summed E-state index contributed by atoms with van der Waals surface area (Å²) in [5, 5.41) is 8.73. The molecule has 0 bridgehead atoms. The molecule has 142 valence electrons. The van der Waals surface area contributed by atoms with E-state index in [0.29, 0.717) is 27.1 Å². The van der Waals surface area contributed by atoms with Crippen molar-refractivity contribution in [3.63, 3.8) is 0 Å². The Bertz CT molecular complexity index is 1120. The third-order valence-electron chi connectivity index (χ3n) is 4.78. The van der Waals surface area contributed by atoms with Crippen LogP contribution in [0.1, 0.15) is 30.4 Å². The first-order valence-electron chi connectivity index (χ1n) is 9.10. The highest BCUT2D eigenvalue weighted by atomic mass is 32.1. The SMILES string of the molecule is CC(C)C(C)NC(=O)c1cnc(-c2noc3cc(-c4ccncc4)ccc23)s1. The second kappa shape index (κ2) is 7.52. The van der Waals surface area contributed by atoms with E-state index < -0.39 is 0 Å². The minimum Gasteiger partial charge on any atom is -0.356 e. The van der Waals surface area contributed by atoms with Crippen molar-refractivity contribution in [2.24, 2.45) is 5.92 Å². The largest absolute Gasteiger partial charge is 0.356 e. The van der Waals surface area contributed by atoms with Crippen LogP contribution in [0, 0.1) is 5.92 Å². The predicted octanol–water partition coefficient (Wildman–Crippen LogP) is 4.79. The minimum absolute atomic E-state index is 0.0949. The third kappa shape index (κ3) is 3.53. The summed E-state index contributed by atoms with van der Waals surface area (Å²) in [7, 11) is 0. The van der Waals surface area contributed by atoms with Crippen LogP contribution < -0.4 is 5.32 Å². The van der Waals surface area contributed by atoms with Crippen LogP contribution in [-0.4, -0.2) is 27.1 Å². The van der Waals surface area contributed by atoms with Gasteiger partial charge in [-0.3, -0.25) is 9.78 Å². The maximum Gasteiger partial charge on any atom is 0.263 e. The third-order valence-corrected chi connectivity index (χ3v) is 5.78. The minimum atomic E-state index is -0.113. The zero-order valence-electron chi connectivity index (χ0n) is 15.8. The van der Waals surface area contributed by atoms with Gasteiger partial charge in [-0.15, -0.1) is 11.3 Å². The molecule has 1 unspecified atom stereocenters. The number of aromatic nitrogens is 3. The summed E-state index contributed by atoms with van der Waals surface area (Å²) < 4.78 is 5.53. The number of carbonyl (C=O) groups excluding carboxylic acids is 1. The molecule has 0 aliphatic rings. The van der Waals surface area contributed by atoms with Crippen molar-refractivity contribution < 1.29 is 9.32 Å². The molecule has 1 aromatic carbocycles. The molecule has 7 heteroatoms. The highest BCUT2D eigenvalue weighted by Crippen LogP contribution is 2.33. The molecule has 3 aromatic heterocycles. The number of benzene rings is 1. The number of fused-ring (bicyclic) bond motifs is 1. The molecule has 6 nitrogen and oxygen atoms in total. The van der Waals surface area contributed by atoms with Crippen LogP contribution in [0.15, 0.2) is 53.4 Å². The lowest BCUT2D eigenvalue weighted by molar-refractivity contribution is 0.0934. The standard InChI is InChI=1S/C21H20N4O2S/c1-12(2)13(3)24-20(26)18-11-23-21(28-18)19-16-5-4-15(10-17(16)27-25-19)14-6-8-22-9-7-14/h4-13H,1-3H3,(H,24,26). The Morgan fingerprint density at radius 2 is 1.89 bits per heavy atom. The fourth-order valence-electron chi connectivity index (χ4n) is 2.75. The highest BCUT2D eigenvalue weighted by molar-refractivity contribution is 7.17. The van der Waals surface area contributed by atoms with E-state index in [1.807, 2.05) is 37.3 Å². The molecule has 0 aliphatic carbocycles. The number of hydrogen-bond donors (Lipinski definition) is 1. The van der Waals surface area contributed by atoms with E-state index in [1.54, 1.807) is 18.6 Å². The first kappa shape index (κ1) is 18.3. The van der Waals surface area contributed by atoms with Gasteiger partial charge in [0, 0.05) is 18.4 Å². The fraction of sp³-hybridized carbons (Fsp3) is 0.238. The molecule has 1 amide bonds. The molecular formula is C21H20N4O2S. The highest BCUT2D eigenvalue weighted by Gasteiger charge is 2.19. The van der Waals surface area contributed by atoms with Gasteiger partial charge in [-0.1, -0.05) is 25.1 Å². The summed E-state index contributed by atoms with van der Waals surface area (Å²) >= 11 is 1.31. The number of amides is 1. The van der Waals surface area contributed by atoms with Crippen LogP contribution in [0.5, 0.6) is 0 Å². The van der Waals surface area contributed by atoms with Gasteiger partial charge in [-0.2, -0.15) is 0 Å². The van der Waals surface area contributed by atoms with Gasteiger partial charge >= 0.3 is 0 Å². The van der Waals surface area contributed by atoms with Gasteiger partial charge in [-0.05, 0) is 48.2 Å². The molecule has 0 aliphatic heterocycles. The molecule has 0 radical (unpaired) electrons. The van der Waals surface area contributed by atoms with Crippen molar-refractivity contribution in [3.8, 4) is 21.8 Å². The Labute approximate surface area is 166 Å². The zero-order chi connectivity index (χ0) is 19.7. The van der Waals surface area contributed by atoms with E-state index in [4.69, 9.17) is 4.52 Å². The molecule has 1 N–H and O–H groups in total. The maximum absolute atomic E-state index is 12.4. The van der Waals surface area contributed by atoms with E-state index in [-0.39, 0.29) is 11.9 Å². The lowest BCUT2D eigenvalue weighted by atomic mass is 10.1. The lowest BCUT2D eigenvalue weighted by Crippen LogP contribution is -2.35. The van der Waals surface area contributed by atoms with Gasteiger partial charge < -0.3 is 9.84 Å². The second-order valence-corrected chi connectivity index (χ2v) is 8.04. The van der Waals surface area contributed by atoms with Gasteiger partial charge in [0.1, 0.15) is 15.6 Å². The summed E-state index contributed by atoms with van der Waals surface area (Å²) in [6.07, 6.45) is 5.11. The fourth-order valence-corrected chi connectivity index (χ4v) is 3.56. The maximum atomic E-state index is 12.4. The van der Waals surface area contributed by atoms with Crippen LogP contribution in [-0.2, 0) is 0 Å². The first-order valence-corrected chi connectivity index (χ1v) is 9.91. The number of carbonyl (C=O) groups is 1. The van der Waals surface area contributed by atoms with Gasteiger partial charge in [0.2, 0.25) is 0 Å². The molecule has 4 rings (SSSR count). The van der Waals surface area contributed by atoms with E-state index in [2.05, 4.69) is 34.3 Å². The van der Waals surface area contributed by atoms with E-state index >= 15 is 0 Å². The van der Waals surface area contributed by atoms with Crippen LogP contribution in [0.4, 0.5) is 0 Å². The van der Waals surface area contributed by atoms with Crippen LogP contribution in [0.25, 0.3) is 32.8 Å². The van der Waals surface area contributed by atoms with Gasteiger partial charge in [-0.25, -0.2) is 4.98 Å². The number of rotatable bonds is 5. The molecule has 4 aromatic rings. The molecule has 0 spiro atoms. The van der Waals surface area contributed by atoms with Gasteiger partial charge in [0.15, 0.2) is 5.58 Å². The first-order chi connectivity index (χ1) is 13.5. The molecule has 28 heavy (non-hydrogen) atoms. The average Bonchev–Trinajstić information content (AvgIpc) is 3.35. The van der Waals surface area contributed by atoms with E-state index in [0.717, 1.165) is 16.5 Å². The Morgan fingerprint density at radius 1 is 1.11 bits per heavy atom. The molecular weight excluding hydrogens is 372 g/mol. The van der Waals surface area contributed by atoms with Crippen molar-refractivity contribution in [1.82, 2.24) is 20.4 Å². The van der Waals surface area contributed by atoms with Crippen molar-refractivity contribution >= 4 is 28.2 Å². The molecule has 1 atom stereocenters. The van der Waals surface area contributed by atoms with Crippen molar-refractivity contribution in [2.45, 2.75) is 26.8 Å². The molecule has 0 fully saturated rings. The smallest absolute Gasteiger partial charge is 0.263 e. The Kier molecular flexibility index (Phi) is 4.92.